The van der Waals surface area contributed by atoms with E-state index < -0.39 is 0 Å². The highest BCUT2D eigenvalue weighted by atomic mass is 16.5. The van der Waals surface area contributed by atoms with E-state index in [9.17, 15) is 4.79 Å². The topological polar surface area (TPSA) is 42.7 Å². The lowest BCUT2D eigenvalue weighted by Gasteiger charge is -2.44. The third-order valence-corrected chi connectivity index (χ3v) is 4.60. The van der Waals surface area contributed by atoms with Crippen molar-refractivity contribution in [2.75, 3.05) is 19.7 Å². The zero-order chi connectivity index (χ0) is 14.5. The number of furan rings is 1. The van der Waals surface area contributed by atoms with Gasteiger partial charge in [-0.15, -0.1) is 0 Å². The summed E-state index contributed by atoms with van der Waals surface area (Å²) in [5.74, 6) is 0.891. The zero-order valence-corrected chi connectivity index (χ0v) is 12.4. The number of carbonyl (C=O) groups excluding carboxylic acids is 1. The number of piperidine rings is 2. The summed E-state index contributed by atoms with van der Waals surface area (Å²) in [4.78, 5) is 14.4. The van der Waals surface area contributed by atoms with Crippen molar-refractivity contribution in [1.29, 1.82) is 0 Å². The number of esters is 1. The van der Waals surface area contributed by atoms with E-state index in [0.717, 1.165) is 0 Å². The lowest BCUT2D eigenvalue weighted by atomic mass is 9.84. The average molecular weight is 289 g/mol. The maximum absolute atomic E-state index is 11.8. The molecule has 21 heavy (non-hydrogen) atoms. The lowest BCUT2D eigenvalue weighted by Crippen LogP contribution is -2.49. The number of rotatable bonds is 4. The van der Waals surface area contributed by atoms with Crippen molar-refractivity contribution >= 4 is 12.0 Å². The largest absolute Gasteiger partial charge is 0.465 e. The van der Waals surface area contributed by atoms with Crippen LogP contribution in [0.1, 0.15) is 37.9 Å². The van der Waals surface area contributed by atoms with Gasteiger partial charge in [0.25, 0.3) is 0 Å². The van der Waals surface area contributed by atoms with Crippen LogP contribution < -0.4 is 0 Å². The smallest absolute Gasteiger partial charge is 0.330 e. The summed E-state index contributed by atoms with van der Waals surface area (Å²) in [5, 5.41) is 0. The Labute approximate surface area is 125 Å². The van der Waals surface area contributed by atoms with Crippen molar-refractivity contribution in [1.82, 2.24) is 4.90 Å². The van der Waals surface area contributed by atoms with Gasteiger partial charge >= 0.3 is 5.97 Å². The first-order valence-corrected chi connectivity index (χ1v) is 7.95. The Morgan fingerprint density at radius 2 is 2.24 bits per heavy atom. The fourth-order valence-electron chi connectivity index (χ4n) is 3.55. The van der Waals surface area contributed by atoms with Gasteiger partial charge in [-0.25, -0.2) is 4.79 Å². The first kappa shape index (κ1) is 14.4. The molecule has 0 bridgehead atoms. The number of ether oxygens (including phenoxy) is 1. The van der Waals surface area contributed by atoms with E-state index in [4.69, 9.17) is 9.15 Å². The Morgan fingerprint density at radius 3 is 3.10 bits per heavy atom. The molecule has 2 fully saturated rings. The van der Waals surface area contributed by atoms with Gasteiger partial charge in [-0.1, -0.05) is 6.42 Å². The number of fused-ring (bicyclic) bond motifs is 1. The van der Waals surface area contributed by atoms with Crippen LogP contribution in [-0.2, 0) is 9.53 Å². The molecule has 4 nitrogen and oxygen atoms in total. The van der Waals surface area contributed by atoms with Gasteiger partial charge < -0.3 is 9.15 Å². The van der Waals surface area contributed by atoms with Gasteiger partial charge in [0.15, 0.2) is 0 Å². The summed E-state index contributed by atoms with van der Waals surface area (Å²) < 4.78 is 10.6. The number of hydrogen-bond donors (Lipinski definition) is 0. The molecule has 0 spiro atoms. The second kappa shape index (κ2) is 6.94. The molecule has 0 aliphatic carbocycles. The van der Waals surface area contributed by atoms with Crippen molar-refractivity contribution in [3.8, 4) is 0 Å². The molecule has 2 aliphatic rings. The molecule has 0 amide bonds. The highest BCUT2D eigenvalue weighted by molar-refractivity contribution is 5.86. The second-order valence-corrected chi connectivity index (χ2v) is 5.98. The molecule has 2 unspecified atom stereocenters. The Kier molecular flexibility index (Phi) is 4.76. The molecule has 4 heteroatoms. The highest BCUT2D eigenvalue weighted by Gasteiger charge is 2.33. The van der Waals surface area contributed by atoms with Gasteiger partial charge in [0, 0.05) is 18.0 Å². The van der Waals surface area contributed by atoms with Gasteiger partial charge in [0.1, 0.15) is 5.76 Å². The SMILES string of the molecule is O=C(C=Cc1ccco1)OCC1CCCN2CCCCC12. The van der Waals surface area contributed by atoms with Gasteiger partial charge in [0.2, 0.25) is 0 Å². The van der Waals surface area contributed by atoms with Crippen molar-refractivity contribution in [2.24, 2.45) is 5.92 Å². The molecular weight excluding hydrogens is 266 g/mol. The highest BCUT2D eigenvalue weighted by Crippen LogP contribution is 2.30. The zero-order valence-electron chi connectivity index (χ0n) is 12.4. The van der Waals surface area contributed by atoms with Crippen LogP contribution in [0.4, 0.5) is 0 Å². The summed E-state index contributed by atoms with van der Waals surface area (Å²) in [5.41, 5.74) is 0. The van der Waals surface area contributed by atoms with Crippen LogP contribution >= 0.6 is 0 Å². The van der Waals surface area contributed by atoms with E-state index in [-0.39, 0.29) is 5.97 Å². The fraction of sp³-hybridized carbons (Fsp3) is 0.588. The molecule has 1 aromatic rings. The Morgan fingerprint density at radius 1 is 1.33 bits per heavy atom. The van der Waals surface area contributed by atoms with Crippen molar-refractivity contribution in [3.63, 3.8) is 0 Å². The molecule has 3 rings (SSSR count). The van der Waals surface area contributed by atoms with Crippen LogP contribution in [-0.4, -0.2) is 36.6 Å². The molecular formula is C17H23NO3. The van der Waals surface area contributed by atoms with Gasteiger partial charge in [-0.2, -0.15) is 0 Å². The molecule has 0 saturated carbocycles. The monoisotopic (exact) mass is 289 g/mol. The van der Waals surface area contributed by atoms with E-state index in [1.807, 2.05) is 6.07 Å². The standard InChI is InChI=1S/C17H23NO3/c19-17(9-8-15-6-4-12-20-15)21-13-14-5-3-11-18-10-2-1-7-16(14)18/h4,6,8-9,12,14,16H,1-3,5,7,10-11,13H2. The number of carbonyl (C=O) groups is 1. The molecule has 2 aliphatic heterocycles. The van der Waals surface area contributed by atoms with E-state index in [2.05, 4.69) is 4.90 Å². The van der Waals surface area contributed by atoms with Crippen LogP contribution in [0.3, 0.4) is 0 Å². The van der Waals surface area contributed by atoms with Crippen LogP contribution in [0.5, 0.6) is 0 Å². The van der Waals surface area contributed by atoms with Gasteiger partial charge in [-0.3, -0.25) is 4.90 Å². The molecule has 1 aromatic heterocycles. The molecule has 0 radical (unpaired) electrons. The summed E-state index contributed by atoms with van der Waals surface area (Å²) in [6.45, 7) is 2.98. The van der Waals surface area contributed by atoms with Crippen LogP contribution in [0.2, 0.25) is 0 Å². The van der Waals surface area contributed by atoms with Crippen molar-refractivity contribution in [3.05, 3.63) is 30.2 Å². The first-order chi connectivity index (χ1) is 10.3. The molecule has 0 aromatic carbocycles. The minimum Gasteiger partial charge on any atom is -0.465 e. The maximum atomic E-state index is 11.8. The Balaban J connectivity index is 1.48. The molecule has 3 heterocycles. The lowest BCUT2D eigenvalue weighted by molar-refractivity contribution is -0.140. The quantitative estimate of drug-likeness (QED) is 0.631. The van der Waals surface area contributed by atoms with E-state index in [0.29, 0.717) is 24.3 Å². The van der Waals surface area contributed by atoms with E-state index in [1.54, 1.807) is 18.4 Å². The molecule has 114 valence electrons. The Bertz CT molecular complexity index is 478. The van der Waals surface area contributed by atoms with Gasteiger partial charge in [-0.05, 0) is 57.0 Å². The summed E-state index contributed by atoms with van der Waals surface area (Å²) in [7, 11) is 0. The van der Waals surface area contributed by atoms with Crippen LogP contribution in [0, 0.1) is 5.92 Å². The van der Waals surface area contributed by atoms with Crippen molar-refractivity contribution < 1.29 is 13.9 Å². The minimum absolute atomic E-state index is 0.278. The predicted octanol–water partition coefficient (Wildman–Crippen LogP) is 3.10. The number of hydrogen-bond acceptors (Lipinski definition) is 4. The van der Waals surface area contributed by atoms with Crippen molar-refractivity contribution in [2.45, 2.75) is 38.1 Å². The number of nitrogens with zero attached hydrogens (tertiary/aromatic N) is 1. The van der Waals surface area contributed by atoms with E-state index >= 15 is 0 Å². The summed E-state index contributed by atoms with van der Waals surface area (Å²) in [6.07, 6.45) is 11.0. The molecule has 2 saturated heterocycles. The minimum atomic E-state index is -0.278. The fourth-order valence-corrected chi connectivity index (χ4v) is 3.55. The average Bonchev–Trinajstić information content (AvgIpc) is 3.04. The summed E-state index contributed by atoms with van der Waals surface area (Å²) in [6, 6.07) is 4.23. The third-order valence-electron chi connectivity index (χ3n) is 4.60. The molecule has 2 atom stereocenters. The summed E-state index contributed by atoms with van der Waals surface area (Å²) >= 11 is 0. The normalized spacial score (nSPS) is 26.7. The van der Waals surface area contributed by atoms with Crippen LogP contribution in [0.25, 0.3) is 6.08 Å². The van der Waals surface area contributed by atoms with E-state index in [1.165, 1.54) is 51.3 Å². The first-order valence-electron chi connectivity index (χ1n) is 7.95. The second-order valence-electron chi connectivity index (χ2n) is 5.98. The van der Waals surface area contributed by atoms with Crippen LogP contribution in [0.15, 0.2) is 28.9 Å². The predicted molar refractivity (Wildman–Crippen MR) is 80.6 cm³/mol. The third kappa shape index (κ3) is 3.76. The maximum Gasteiger partial charge on any atom is 0.330 e. The molecule has 0 N–H and O–H groups in total. The van der Waals surface area contributed by atoms with Gasteiger partial charge in [0.05, 0.1) is 12.9 Å². The Hall–Kier alpha value is -1.55.